The van der Waals surface area contributed by atoms with E-state index in [1.54, 1.807) is 18.2 Å². The molecule has 7 nitrogen and oxygen atoms in total. The van der Waals surface area contributed by atoms with Crippen molar-refractivity contribution >= 4 is 56.8 Å². The fourth-order valence-corrected chi connectivity index (χ4v) is 5.33. The lowest BCUT2D eigenvalue weighted by atomic mass is 10.0. The number of anilines is 1. The Balaban J connectivity index is 1.34. The molecule has 6 rings (SSSR count). The van der Waals surface area contributed by atoms with Gasteiger partial charge in [0.15, 0.2) is 0 Å². The summed E-state index contributed by atoms with van der Waals surface area (Å²) in [5, 5.41) is 8.33. The lowest BCUT2D eigenvalue weighted by Crippen LogP contribution is -2.49. The third-order valence-electron chi connectivity index (χ3n) is 7.01. The topological polar surface area (TPSA) is 75.4 Å². The highest BCUT2D eigenvalue weighted by Gasteiger charge is 2.28. The quantitative estimate of drug-likeness (QED) is 0.233. The molecular weight excluding hydrogens is 533 g/mol. The normalized spacial score (nSPS) is 14.1. The fraction of sp³-hybridized carbons (Fsp3) is 0.267. The van der Waals surface area contributed by atoms with Crippen molar-refractivity contribution in [1.82, 2.24) is 20.0 Å². The van der Waals surface area contributed by atoms with Gasteiger partial charge in [-0.3, -0.25) is 4.79 Å². The second-order valence-corrected chi connectivity index (χ2v) is 11.1. The lowest BCUT2D eigenvalue weighted by molar-refractivity contribution is 0.0746. The molecule has 0 unspecified atom stereocenters. The molecule has 1 aliphatic rings. The highest BCUT2D eigenvalue weighted by Crippen LogP contribution is 2.36. The number of carbonyl (C=O) groups is 1. The molecule has 0 aliphatic carbocycles. The number of hydrogen-bond donors (Lipinski definition) is 0. The predicted octanol–water partition coefficient (Wildman–Crippen LogP) is 6.91. The molecule has 39 heavy (non-hydrogen) atoms. The molecule has 1 fully saturated rings. The van der Waals surface area contributed by atoms with Gasteiger partial charge in [-0.05, 0) is 41.0 Å². The summed E-state index contributed by atoms with van der Waals surface area (Å²) in [6, 6.07) is 19.5. The SMILES string of the molecule is CC(C)Cc1nc(N2CCN(C(=O)c3ccc(Cl)c(Cl)c3)CC2)c2c(-c3ccc4ccccc4c3)noc2n1. The molecule has 0 bridgehead atoms. The third kappa shape index (κ3) is 5.04. The van der Waals surface area contributed by atoms with Crippen LogP contribution in [-0.4, -0.2) is 52.1 Å². The number of rotatable bonds is 5. The van der Waals surface area contributed by atoms with Gasteiger partial charge in [0.2, 0.25) is 0 Å². The standard InChI is InChI=1S/C30H27Cl2N5O2/c1-18(2)15-25-33-28(36-11-13-37(14-12-36)30(38)22-9-10-23(31)24(32)17-22)26-27(35-39-29(26)34-25)21-8-7-19-5-3-4-6-20(19)16-21/h3-10,16-18H,11-15H2,1-2H3. The monoisotopic (exact) mass is 559 g/mol. The Kier molecular flexibility index (Phi) is 6.87. The minimum atomic E-state index is -0.0663. The Morgan fingerprint density at radius 1 is 0.923 bits per heavy atom. The largest absolute Gasteiger partial charge is 0.352 e. The molecule has 1 saturated heterocycles. The van der Waals surface area contributed by atoms with Crippen LogP contribution in [0.15, 0.2) is 65.2 Å². The van der Waals surface area contributed by atoms with E-state index >= 15 is 0 Å². The maximum Gasteiger partial charge on any atom is 0.263 e. The minimum absolute atomic E-state index is 0.0663. The van der Waals surface area contributed by atoms with Crippen LogP contribution in [-0.2, 0) is 6.42 Å². The Bertz CT molecular complexity index is 1690. The second kappa shape index (κ2) is 10.5. The summed E-state index contributed by atoms with van der Waals surface area (Å²) in [5.74, 6) is 1.84. The van der Waals surface area contributed by atoms with Crippen molar-refractivity contribution in [2.45, 2.75) is 20.3 Å². The van der Waals surface area contributed by atoms with Crippen molar-refractivity contribution < 1.29 is 9.32 Å². The highest BCUT2D eigenvalue weighted by atomic mass is 35.5. The van der Waals surface area contributed by atoms with E-state index in [9.17, 15) is 4.79 Å². The van der Waals surface area contributed by atoms with Crippen molar-refractivity contribution in [3.8, 4) is 11.3 Å². The van der Waals surface area contributed by atoms with Gasteiger partial charge in [0, 0.05) is 43.7 Å². The van der Waals surface area contributed by atoms with Crippen LogP contribution in [0.5, 0.6) is 0 Å². The van der Waals surface area contributed by atoms with Crippen LogP contribution in [0.2, 0.25) is 10.0 Å². The van der Waals surface area contributed by atoms with Gasteiger partial charge in [-0.1, -0.05) is 78.6 Å². The van der Waals surface area contributed by atoms with Gasteiger partial charge in [-0.15, -0.1) is 0 Å². The number of hydrogen-bond acceptors (Lipinski definition) is 6. The Morgan fingerprint density at radius 3 is 2.44 bits per heavy atom. The van der Waals surface area contributed by atoms with Crippen LogP contribution in [0.1, 0.15) is 30.0 Å². The van der Waals surface area contributed by atoms with E-state index in [1.165, 1.54) is 0 Å². The molecule has 0 radical (unpaired) electrons. The molecule has 5 aromatic rings. The average Bonchev–Trinajstić information content (AvgIpc) is 3.37. The predicted molar refractivity (Wildman–Crippen MR) is 156 cm³/mol. The van der Waals surface area contributed by atoms with Crippen LogP contribution in [0.25, 0.3) is 33.1 Å². The number of nitrogens with zero attached hydrogens (tertiary/aromatic N) is 5. The van der Waals surface area contributed by atoms with Crippen molar-refractivity contribution in [3.63, 3.8) is 0 Å². The highest BCUT2D eigenvalue weighted by molar-refractivity contribution is 6.42. The maximum absolute atomic E-state index is 13.2. The molecule has 0 atom stereocenters. The summed E-state index contributed by atoms with van der Waals surface area (Å²) in [4.78, 5) is 26.9. The molecule has 1 amide bonds. The van der Waals surface area contributed by atoms with E-state index in [0.29, 0.717) is 53.4 Å². The van der Waals surface area contributed by atoms with E-state index in [4.69, 9.17) is 37.7 Å². The molecule has 3 aromatic carbocycles. The number of aromatic nitrogens is 3. The zero-order chi connectivity index (χ0) is 27.1. The lowest BCUT2D eigenvalue weighted by Gasteiger charge is -2.35. The minimum Gasteiger partial charge on any atom is -0.352 e. The zero-order valence-electron chi connectivity index (χ0n) is 21.7. The zero-order valence-corrected chi connectivity index (χ0v) is 23.2. The number of halogens is 2. The maximum atomic E-state index is 13.2. The molecule has 1 aliphatic heterocycles. The average molecular weight is 560 g/mol. The van der Waals surface area contributed by atoms with Gasteiger partial charge < -0.3 is 14.3 Å². The summed E-state index contributed by atoms with van der Waals surface area (Å²) in [6.45, 7) is 6.59. The van der Waals surface area contributed by atoms with Gasteiger partial charge in [0.1, 0.15) is 22.7 Å². The van der Waals surface area contributed by atoms with E-state index in [0.717, 1.165) is 45.5 Å². The number of carbonyl (C=O) groups excluding carboxylic acids is 1. The summed E-state index contributed by atoms with van der Waals surface area (Å²) < 4.78 is 5.79. The Labute approximate surface area is 236 Å². The Morgan fingerprint density at radius 2 is 1.69 bits per heavy atom. The number of piperazine rings is 1. The van der Waals surface area contributed by atoms with E-state index in [-0.39, 0.29) is 5.91 Å². The number of benzene rings is 3. The summed E-state index contributed by atoms with van der Waals surface area (Å²) in [5.41, 5.74) is 2.67. The van der Waals surface area contributed by atoms with Gasteiger partial charge >= 0.3 is 0 Å². The van der Waals surface area contributed by atoms with Gasteiger partial charge in [-0.25, -0.2) is 4.98 Å². The van der Waals surface area contributed by atoms with Crippen LogP contribution >= 0.6 is 23.2 Å². The molecule has 0 N–H and O–H groups in total. The summed E-state index contributed by atoms with van der Waals surface area (Å²) in [7, 11) is 0. The summed E-state index contributed by atoms with van der Waals surface area (Å²) in [6.07, 6.45) is 0.727. The van der Waals surface area contributed by atoms with Gasteiger partial charge in [0.05, 0.1) is 10.0 Å². The molecule has 3 heterocycles. The second-order valence-electron chi connectivity index (χ2n) is 10.2. The molecule has 198 valence electrons. The van der Waals surface area contributed by atoms with E-state index in [2.05, 4.69) is 54.2 Å². The first kappa shape index (κ1) is 25.6. The van der Waals surface area contributed by atoms with E-state index in [1.807, 2.05) is 17.0 Å². The van der Waals surface area contributed by atoms with Crippen LogP contribution < -0.4 is 4.90 Å². The fourth-order valence-electron chi connectivity index (χ4n) is 5.03. The first-order valence-corrected chi connectivity index (χ1v) is 13.8. The van der Waals surface area contributed by atoms with Crippen LogP contribution in [0.4, 0.5) is 5.82 Å². The third-order valence-corrected chi connectivity index (χ3v) is 7.75. The molecular formula is C30H27Cl2N5O2. The molecule has 0 spiro atoms. The van der Waals surface area contributed by atoms with Crippen LogP contribution in [0.3, 0.4) is 0 Å². The first-order chi connectivity index (χ1) is 18.9. The van der Waals surface area contributed by atoms with E-state index < -0.39 is 0 Å². The van der Waals surface area contributed by atoms with Crippen molar-refractivity contribution in [2.24, 2.45) is 5.92 Å². The molecule has 2 aromatic heterocycles. The summed E-state index contributed by atoms with van der Waals surface area (Å²) >= 11 is 12.2. The number of fused-ring (bicyclic) bond motifs is 2. The Hall–Kier alpha value is -3.68. The smallest absolute Gasteiger partial charge is 0.263 e. The molecule has 9 heteroatoms. The van der Waals surface area contributed by atoms with Crippen molar-refractivity contribution in [3.05, 3.63) is 82.1 Å². The van der Waals surface area contributed by atoms with Crippen molar-refractivity contribution in [1.29, 1.82) is 0 Å². The molecule has 0 saturated carbocycles. The number of amides is 1. The van der Waals surface area contributed by atoms with Crippen LogP contribution in [0, 0.1) is 5.92 Å². The van der Waals surface area contributed by atoms with Gasteiger partial charge in [-0.2, -0.15) is 4.98 Å². The first-order valence-electron chi connectivity index (χ1n) is 13.0. The van der Waals surface area contributed by atoms with Gasteiger partial charge in [0.25, 0.3) is 11.6 Å². The van der Waals surface area contributed by atoms with Crippen molar-refractivity contribution in [2.75, 3.05) is 31.1 Å².